The molecule has 0 radical (unpaired) electrons. The third kappa shape index (κ3) is 1.75. The number of aliphatic hydroxyl groups excluding tert-OH is 1. The van der Waals surface area contributed by atoms with Crippen molar-refractivity contribution in [3.8, 4) is 0 Å². The lowest BCUT2D eigenvalue weighted by Gasteiger charge is -2.39. The monoisotopic (exact) mass is 374 g/mol. The summed E-state index contributed by atoms with van der Waals surface area (Å²) in [6.45, 7) is 3.72. The topological polar surface area (TPSA) is 136 Å². The lowest BCUT2D eigenvalue weighted by atomic mass is 9.79. The second-order valence-electron chi connectivity index (χ2n) is 7.45. The fourth-order valence-electron chi connectivity index (χ4n) is 5.11. The van der Waals surface area contributed by atoms with E-state index in [2.05, 4.69) is 6.58 Å². The van der Waals surface area contributed by atoms with Gasteiger partial charge < -0.3 is 19.7 Å². The summed E-state index contributed by atoms with van der Waals surface area (Å²) in [5.41, 5.74) is -3.60. The van der Waals surface area contributed by atoms with Gasteiger partial charge in [0.1, 0.15) is 17.8 Å². The van der Waals surface area contributed by atoms with Gasteiger partial charge in [-0.25, -0.2) is 9.59 Å². The summed E-state index contributed by atoms with van der Waals surface area (Å²) in [7, 11) is -3.79. The van der Waals surface area contributed by atoms with Crippen LogP contribution in [0, 0.1) is 10.8 Å². The van der Waals surface area contributed by atoms with Crippen molar-refractivity contribution in [2.45, 2.75) is 42.8 Å². The zero-order chi connectivity index (χ0) is 18.4. The van der Waals surface area contributed by atoms with Gasteiger partial charge in [-0.1, -0.05) is 6.58 Å². The molecule has 10 heteroatoms. The minimum atomic E-state index is -3.79. The molecule has 1 spiro atoms. The number of fused-ring (bicyclic) bond motifs is 2. The van der Waals surface area contributed by atoms with Gasteiger partial charge in [-0.2, -0.15) is 8.42 Å². The molecule has 4 fully saturated rings. The van der Waals surface area contributed by atoms with Crippen LogP contribution in [0.4, 0.5) is 0 Å². The van der Waals surface area contributed by atoms with Crippen LogP contribution >= 0.6 is 0 Å². The Morgan fingerprint density at radius 1 is 1.40 bits per heavy atom. The molecular formula is C15H18O9S. The van der Waals surface area contributed by atoms with Crippen LogP contribution in [0.3, 0.4) is 0 Å². The molecule has 6 atom stereocenters. The van der Waals surface area contributed by atoms with Crippen molar-refractivity contribution in [3.05, 3.63) is 12.2 Å². The first-order valence-electron chi connectivity index (χ1n) is 7.83. The number of aliphatic hydroxyl groups is 2. The standard InChI is InChI=1S/C15H18O9S/c1-7(2)10(18)22-4-9(17)23-11-13(6-16)3-8-14(5-13)12(15(11,14)19)24-25(8,20)21/h8,11-12,16,19H,1,3-6H2,2H3. The van der Waals surface area contributed by atoms with E-state index in [1.165, 1.54) is 6.92 Å². The molecule has 9 nitrogen and oxygen atoms in total. The SMILES string of the molecule is C=C(C)C(=O)OCC(=O)OC1C2(CO)CC3C4(C2)C(OS3(=O)=O)C14O. The molecule has 0 aromatic carbocycles. The van der Waals surface area contributed by atoms with Crippen LogP contribution in [-0.4, -0.2) is 66.8 Å². The Morgan fingerprint density at radius 2 is 2.08 bits per heavy atom. The number of carbonyl (C=O) groups is 2. The number of hydrogen-bond donors (Lipinski definition) is 2. The Kier molecular flexibility index (Phi) is 3.13. The molecular weight excluding hydrogens is 356 g/mol. The summed E-state index contributed by atoms with van der Waals surface area (Å²) < 4.78 is 39.1. The smallest absolute Gasteiger partial charge is 0.344 e. The maximum atomic E-state index is 12.0. The average molecular weight is 374 g/mol. The van der Waals surface area contributed by atoms with Crippen LogP contribution in [-0.2, 0) is 33.4 Å². The molecule has 1 heterocycles. The molecule has 4 aliphatic rings. The van der Waals surface area contributed by atoms with Gasteiger partial charge >= 0.3 is 11.9 Å². The lowest BCUT2D eigenvalue weighted by Crippen LogP contribution is -2.54. The second kappa shape index (κ2) is 4.61. The summed E-state index contributed by atoms with van der Waals surface area (Å²) in [5, 5.41) is 19.9. The van der Waals surface area contributed by atoms with Crippen molar-refractivity contribution < 1.29 is 41.9 Å². The van der Waals surface area contributed by atoms with Gasteiger partial charge in [0.25, 0.3) is 10.1 Å². The second-order valence-corrected chi connectivity index (χ2v) is 9.20. The maximum Gasteiger partial charge on any atom is 0.344 e. The van der Waals surface area contributed by atoms with E-state index in [-0.39, 0.29) is 18.4 Å². The van der Waals surface area contributed by atoms with E-state index >= 15 is 0 Å². The number of ether oxygens (including phenoxy) is 2. The molecule has 1 aliphatic heterocycles. The van der Waals surface area contributed by atoms with Crippen LogP contribution in [0.15, 0.2) is 12.2 Å². The molecule has 3 aliphatic carbocycles. The van der Waals surface area contributed by atoms with E-state index in [9.17, 15) is 28.2 Å². The van der Waals surface area contributed by atoms with Gasteiger partial charge in [0.15, 0.2) is 6.61 Å². The van der Waals surface area contributed by atoms with Crippen LogP contribution < -0.4 is 0 Å². The largest absolute Gasteiger partial charge is 0.456 e. The normalized spacial score (nSPS) is 47.2. The average Bonchev–Trinajstić information content (AvgIpc) is 2.85. The van der Waals surface area contributed by atoms with Gasteiger partial charge in [0.05, 0.1) is 17.3 Å². The third-order valence-electron chi connectivity index (χ3n) is 6.11. The van der Waals surface area contributed by atoms with E-state index < -0.39 is 69.2 Å². The summed E-state index contributed by atoms with van der Waals surface area (Å²) in [6.07, 6.45) is -1.83. The Morgan fingerprint density at radius 3 is 2.68 bits per heavy atom. The van der Waals surface area contributed by atoms with Gasteiger partial charge in [-0.05, 0) is 19.8 Å². The predicted octanol–water partition coefficient (Wildman–Crippen LogP) is -1.37. The maximum absolute atomic E-state index is 12.0. The zero-order valence-electron chi connectivity index (χ0n) is 13.4. The Balaban J connectivity index is 1.54. The first kappa shape index (κ1) is 17.0. The molecule has 0 aromatic heterocycles. The highest BCUT2D eigenvalue weighted by atomic mass is 32.2. The molecule has 4 rings (SSSR count). The number of rotatable bonds is 5. The molecule has 0 aromatic rings. The Hall–Kier alpha value is -1.49. The van der Waals surface area contributed by atoms with E-state index in [1.54, 1.807) is 0 Å². The first-order valence-corrected chi connectivity index (χ1v) is 9.30. The minimum Gasteiger partial charge on any atom is -0.456 e. The van der Waals surface area contributed by atoms with E-state index in [4.69, 9.17) is 13.7 Å². The van der Waals surface area contributed by atoms with Crippen molar-refractivity contribution in [1.82, 2.24) is 0 Å². The lowest BCUT2D eigenvalue weighted by molar-refractivity contribution is -0.181. The molecule has 1 saturated heterocycles. The van der Waals surface area contributed by atoms with Crippen molar-refractivity contribution in [3.63, 3.8) is 0 Å². The Bertz CT molecular complexity index is 802. The van der Waals surface area contributed by atoms with Gasteiger partial charge in [-0.3, -0.25) is 4.18 Å². The molecule has 25 heavy (non-hydrogen) atoms. The van der Waals surface area contributed by atoms with Crippen LogP contribution in [0.25, 0.3) is 0 Å². The molecule has 6 unspecified atom stereocenters. The molecule has 138 valence electrons. The summed E-state index contributed by atoms with van der Waals surface area (Å²) in [4.78, 5) is 23.4. The third-order valence-corrected chi connectivity index (χ3v) is 7.85. The summed E-state index contributed by atoms with van der Waals surface area (Å²) in [5.74, 6) is -1.65. The molecule has 0 amide bonds. The number of carbonyl (C=O) groups excluding carboxylic acids is 2. The molecule has 2 N–H and O–H groups in total. The molecule has 2 bridgehead atoms. The fraction of sp³-hybridized carbons (Fsp3) is 0.733. The van der Waals surface area contributed by atoms with Crippen molar-refractivity contribution in [1.29, 1.82) is 0 Å². The Labute approximate surface area is 143 Å². The first-order chi connectivity index (χ1) is 11.5. The van der Waals surface area contributed by atoms with E-state index in [0.717, 1.165) is 0 Å². The van der Waals surface area contributed by atoms with Crippen molar-refractivity contribution in [2.24, 2.45) is 10.8 Å². The van der Waals surface area contributed by atoms with Crippen molar-refractivity contribution >= 4 is 22.1 Å². The van der Waals surface area contributed by atoms with Gasteiger partial charge in [-0.15, -0.1) is 0 Å². The fourth-order valence-corrected chi connectivity index (χ4v) is 7.27. The zero-order valence-corrected chi connectivity index (χ0v) is 14.2. The highest BCUT2D eigenvalue weighted by molar-refractivity contribution is 7.87. The van der Waals surface area contributed by atoms with Crippen LogP contribution in [0.2, 0.25) is 0 Å². The summed E-state index contributed by atoms with van der Waals surface area (Å²) >= 11 is 0. The van der Waals surface area contributed by atoms with Crippen molar-refractivity contribution in [2.75, 3.05) is 13.2 Å². The minimum absolute atomic E-state index is 0.0497. The summed E-state index contributed by atoms with van der Waals surface area (Å²) in [6, 6.07) is 0. The van der Waals surface area contributed by atoms with Gasteiger partial charge in [0, 0.05) is 11.0 Å². The van der Waals surface area contributed by atoms with Crippen LogP contribution in [0.5, 0.6) is 0 Å². The highest BCUT2D eigenvalue weighted by Gasteiger charge is 3.00. The number of hydrogen-bond acceptors (Lipinski definition) is 9. The quantitative estimate of drug-likeness (QED) is 0.339. The van der Waals surface area contributed by atoms with E-state index in [0.29, 0.717) is 0 Å². The highest BCUT2D eigenvalue weighted by Crippen LogP contribution is 2.85. The number of esters is 2. The van der Waals surface area contributed by atoms with Crippen LogP contribution in [0.1, 0.15) is 19.8 Å². The van der Waals surface area contributed by atoms with Gasteiger partial charge in [0.2, 0.25) is 0 Å². The van der Waals surface area contributed by atoms with E-state index in [1.807, 2.05) is 0 Å². The predicted molar refractivity (Wildman–Crippen MR) is 79.4 cm³/mol. The molecule has 3 saturated carbocycles.